The van der Waals surface area contributed by atoms with Crippen molar-refractivity contribution in [2.75, 3.05) is 0 Å². The molecule has 4 heteroatoms. The monoisotopic (exact) mass is 628 g/mol. The van der Waals surface area contributed by atoms with Crippen LogP contribution in [0.3, 0.4) is 0 Å². The second-order valence-corrected chi connectivity index (χ2v) is 12.4. The summed E-state index contributed by atoms with van der Waals surface area (Å²) in [7, 11) is 0. The molecule has 5 heterocycles. The lowest BCUT2D eigenvalue weighted by Gasteiger charge is -2.13. The average Bonchev–Trinajstić information content (AvgIpc) is 3.98. The van der Waals surface area contributed by atoms with Crippen molar-refractivity contribution in [3.05, 3.63) is 225 Å². The molecule has 232 valence electrons. The molecule has 3 aliphatic rings. The molecule has 0 aliphatic carbocycles. The van der Waals surface area contributed by atoms with Gasteiger partial charge in [0.1, 0.15) is 0 Å². The summed E-state index contributed by atoms with van der Waals surface area (Å²) < 4.78 is 0. The number of hydrogen-bond acceptors (Lipinski definition) is 2. The van der Waals surface area contributed by atoms with E-state index >= 15 is 0 Å². The van der Waals surface area contributed by atoms with E-state index in [2.05, 4.69) is 181 Å². The molecule has 0 radical (unpaired) electrons. The van der Waals surface area contributed by atoms with E-state index in [1.54, 1.807) is 0 Å². The number of aliphatic imine (C=N–C) groups is 2. The summed E-state index contributed by atoms with van der Waals surface area (Å²) in [5.41, 5.74) is 15.6. The maximum Gasteiger partial charge on any atom is 0.0737 e. The maximum absolute atomic E-state index is 5.40. The van der Waals surface area contributed by atoms with Crippen LogP contribution in [0.15, 0.2) is 185 Å². The van der Waals surface area contributed by atoms with Gasteiger partial charge < -0.3 is 9.97 Å². The summed E-state index contributed by atoms with van der Waals surface area (Å²) in [6.07, 6.45) is 10.7. The fourth-order valence-electron chi connectivity index (χ4n) is 7.15. The predicted octanol–water partition coefficient (Wildman–Crippen LogP) is 8.30. The van der Waals surface area contributed by atoms with Crippen molar-refractivity contribution >= 4 is 33.7 Å². The van der Waals surface area contributed by atoms with Crippen molar-refractivity contribution in [2.24, 2.45) is 9.98 Å². The minimum atomic E-state index is 0.908. The zero-order valence-corrected chi connectivity index (χ0v) is 27.0. The Labute approximate surface area is 285 Å². The van der Waals surface area contributed by atoms with E-state index in [4.69, 9.17) is 9.98 Å². The molecule has 0 unspecified atom stereocenters. The van der Waals surface area contributed by atoms with Crippen LogP contribution in [0.4, 0.5) is 0 Å². The van der Waals surface area contributed by atoms with Gasteiger partial charge in [-0.3, -0.25) is 0 Å². The highest BCUT2D eigenvalue weighted by molar-refractivity contribution is 6.31. The van der Waals surface area contributed by atoms with Gasteiger partial charge in [-0.1, -0.05) is 121 Å². The van der Waals surface area contributed by atoms with Crippen LogP contribution in [0.25, 0.3) is 22.3 Å². The summed E-state index contributed by atoms with van der Waals surface area (Å²) in [6, 6.07) is 46.5. The van der Waals surface area contributed by atoms with Crippen LogP contribution in [0, 0.1) is 6.92 Å². The van der Waals surface area contributed by atoms with Gasteiger partial charge in [-0.05, 0) is 71.2 Å². The van der Waals surface area contributed by atoms with Gasteiger partial charge in [-0.25, -0.2) is 9.98 Å². The lowest BCUT2D eigenvalue weighted by atomic mass is 9.92. The van der Waals surface area contributed by atoms with Gasteiger partial charge in [0.2, 0.25) is 0 Å². The fraction of sp³-hybridized carbons (Fsp3) is 0.0222. The quantitative estimate of drug-likeness (QED) is 0.197. The minimum Gasteiger partial charge on any atom is -0.360 e. The molecule has 0 fully saturated rings. The highest BCUT2D eigenvalue weighted by Crippen LogP contribution is 2.39. The number of benzene rings is 4. The van der Waals surface area contributed by atoms with Crippen molar-refractivity contribution < 1.29 is 0 Å². The van der Waals surface area contributed by atoms with Gasteiger partial charge in [0.15, 0.2) is 0 Å². The van der Waals surface area contributed by atoms with Gasteiger partial charge in [0.25, 0.3) is 0 Å². The minimum absolute atomic E-state index is 0.908. The van der Waals surface area contributed by atoms with Gasteiger partial charge in [-0.2, -0.15) is 0 Å². The zero-order chi connectivity index (χ0) is 32.7. The molecule has 0 saturated carbocycles. The van der Waals surface area contributed by atoms with Crippen LogP contribution < -0.4 is 10.7 Å². The van der Waals surface area contributed by atoms with Gasteiger partial charge in [0, 0.05) is 44.8 Å². The van der Waals surface area contributed by atoms with Crippen molar-refractivity contribution in [1.29, 1.82) is 0 Å². The third kappa shape index (κ3) is 5.02. The summed E-state index contributed by atoms with van der Waals surface area (Å²) in [5.74, 6) is 0. The van der Waals surface area contributed by atoms with E-state index in [9.17, 15) is 0 Å². The van der Waals surface area contributed by atoms with Crippen LogP contribution in [0.1, 0.15) is 39.1 Å². The first kappa shape index (κ1) is 28.7. The lowest BCUT2D eigenvalue weighted by Crippen LogP contribution is -2.21. The van der Waals surface area contributed by atoms with Gasteiger partial charge in [0.05, 0.1) is 28.5 Å². The molecule has 2 N–H and O–H groups in total. The number of aromatic nitrogens is 2. The van der Waals surface area contributed by atoms with Crippen molar-refractivity contribution in [3.63, 3.8) is 0 Å². The molecule has 9 rings (SSSR count). The molecular formula is C45H32N4. The Balaban J connectivity index is 1.44. The molecule has 0 amide bonds. The Bertz CT molecular complexity index is 2380. The predicted molar refractivity (Wildman–Crippen MR) is 202 cm³/mol. The van der Waals surface area contributed by atoms with Crippen molar-refractivity contribution in [1.82, 2.24) is 9.97 Å². The topological polar surface area (TPSA) is 56.3 Å². The summed E-state index contributed by atoms with van der Waals surface area (Å²) in [5, 5.41) is 1.99. The van der Waals surface area contributed by atoms with E-state index < -0.39 is 0 Å². The normalized spacial score (nSPS) is 15.3. The second-order valence-electron chi connectivity index (χ2n) is 12.4. The molecule has 0 saturated heterocycles. The third-order valence-corrected chi connectivity index (χ3v) is 9.44. The van der Waals surface area contributed by atoms with E-state index in [0.29, 0.717) is 0 Å². The summed E-state index contributed by atoms with van der Waals surface area (Å²) in [4.78, 5) is 18.3. The van der Waals surface area contributed by atoms with Crippen LogP contribution in [0.5, 0.6) is 0 Å². The first-order valence-electron chi connectivity index (χ1n) is 16.6. The molecule has 0 atom stereocenters. The number of allylic oxidation sites excluding steroid dienone is 4. The lowest BCUT2D eigenvalue weighted by molar-refractivity contribution is 1.25. The molecular weight excluding hydrogens is 597 g/mol. The van der Waals surface area contributed by atoms with E-state index in [1.807, 2.05) is 0 Å². The van der Waals surface area contributed by atoms with Crippen LogP contribution >= 0.6 is 0 Å². The van der Waals surface area contributed by atoms with E-state index in [0.717, 1.165) is 94.9 Å². The summed E-state index contributed by atoms with van der Waals surface area (Å²) in [6.45, 7) is 2.20. The van der Waals surface area contributed by atoms with E-state index in [1.165, 1.54) is 0 Å². The SMILES string of the molecule is Cc1c2c[nH]c1C(c1ccccc1)=C1C=CC(=N1)C(c1ccccc1)=c1ccc([nH]1)=C(c1ccccc1)C1=NC(=C2c2ccccc2)C=C1. The first-order valence-corrected chi connectivity index (χ1v) is 16.6. The molecule has 6 aromatic rings. The molecule has 4 aromatic carbocycles. The van der Waals surface area contributed by atoms with Crippen molar-refractivity contribution in [3.8, 4) is 0 Å². The average molecular weight is 629 g/mol. The second kappa shape index (κ2) is 11.9. The number of H-pyrrole nitrogens is 2. The molecule has 2 aromatic heterocycles. The van der Waals surface area contributed by atoms with Gasteiger partial charge >= 0.3 is 0 Å². The largest absolute Gasteiger partial charge is 0.360 e. The van der Waals surface area contributed by atoms with Gasteiger partial charge in [-0.15, -0.1) is 0 Å². The Morgan fingerprint density at radius 2 is 0.837 bits per heavy atom. The van der Waals surface area contributed by atoms with Crippen LogP contribution in [-0.2, 0) is 0 Å². The Hall–Kier alpha value is -6.52. The Morgan fingerprint density at radius 1 is 0.429 bits per heavy atom. The molecule has 0 spiro atoms. The highest BCUT2D eigenvalue weighted by Gasteiger charge is 2.25. The van der Waals surface area contributed by atoms with Crippen molar-refractivity contribution in [2.45, 2.75) is 6.92 Å². The first-order chi connectivity index (χ1) is 24.2. The number of hydrogen-bond donors (Lipinski definition) is 2. The maximum atomic E-state index is 5.40. The number of aromatic amines is 2. The standard InChI is InChI=1S/C45H32N4/c1-29-34-28-46-45(29)44(33-20-12-5-13-21-33)40-27-26-39(49-40)43(32-18-10-4-11-19-32)38-25-24-37(48-38)42(31-16-8-3-9-17-31)36-23-22-35(47-36)41(34)30-14-6-2-7-15-30/h2-28,46,48H,1H3. The zero-order valence-electron chi connectivity index (χ0n) is 27.0. The third-order valence-electron chi connectivity index (χ3n) is 9.44. The molecule has 8 bridgehead atoms. The number of rotatable bonds is 4. The van der Waals surface area contributed by atoms with Crippen LogP contribution in [-0.4, -0.2) is 21.4 Å². The highest BCUT2D eigenvalue weighted by atomic mass is 14.8. The number of fused-ring (bicyclic) bond motifs is 6. The smallest absolute Gasteiger partial charge is 0.0737 e. The fourth-order valence-corrected chi connectivity index (χ4v) is 7.15. The summed E-state index contributed by atoms with van der Waals surface area (Å²) >= 11 is 0. The molecule has 49 heavy (non-hydrogen) atoms. The molecule has 3 aliphatic heterocycles. The van der Waals surface area contributed by atoms with E-state index in [-0.39, 0.29) is 0 Å². The Kier molecular flexibility index (Phi) is 6.98. The number of nitrogens with one attached hydrogen (secondary N) is 2. The van der Waals surface area contributed by atoms with Crippen LogP contribution in [0.2, 0.25) is 0 Å². The Morgan fingerprint density at radius 3 is 1.31 bits per heavy atom. The number of nitrogens with zero attached hydrogens (tertiary/aromatic N) is 2. The molecule has 4 nitrogen and oxygen atoms in total.